The molecule has 0 fully saturated rings. The molecule has 0 radical (unpaired) electrons. The van der Waals surface area contributed by atoms with E-state index in [9.17, 15) is 4.79 Å². The van der Waals surface area contributed by atoms with Gasteiger partial charge in [-0.15, -0.1) is 5.10 Å². The van der Waals surface area contributed by atoms with Crippen LogP contribution in [-0.4, -0.2) is 21.3 Å². The molecule has 0 saturated carbocycles. The molecular weight excluding hydrogens is 226 g/mol. The SMILES string of the molecule is CCCCn1nnc(C=O)c1-c1cccc(C)c1. The lowest BCUT2D eigenvalue weighted by molar-refractivity contribution is 0.111. The highest BCUT2D eigenvalue weighted by Gasteiger charge is 2.13. The molecule has 0 amide bonds. The van der Waals surface area contributed by atoms with Crippen LogP contribution < -0.4 is 0 Å². The molecule has 0 aliphatic carbocycles. The van der Waals surface area contributed by atoms with E-state index in [-0.39, 0.29) is 0 Å². The number of carbonyl (C=O) groups excluding carboxylic acids is 1. The van der Waals surface area contributed by atoms with Crippen LogP contribution in [0, 0.1) is 6.92 Å². The summed E-state index contributed by atoms with van der Waals surface area (Å²) in [6.07, 6.45) is 2.89. The van der Waals surface area contributed by atoms with Gasteiger partial charge >= 0.3 is 0 Å². The molecule has 0 aliphatic heterocycles. The number of benzene rings is 1. The van der Waals surface area contributed by atoms with Crippen molar-refractivity contribution < 1.29 is 4.79 Å². The highest BCUT2D eigenvalue weighted by molar-refractivity contribution is 5.83. The number of nitrogens with zero attached hydrogens (tertiary/aromatic N) is 3. The number of aryl methyl sites for hydroxylation is 2. The van der Waals surface area contributed by atoms with Crippen molar-refractivity contribution in [2.75, 3.05) is 0 Å². The Hall–Kier alpha value is -1.97. The van der Waals surface area contributed by atoms with Crippen LogP contribution in [0.5, 0.6) is 0 Å². The summed E-state index contributed by atoms with van der Waals surface area (Å²) >= 11 is 0. The van der Waals surface area contributed by atoms with Gasteiger partial charge in [0.15, 0.2) is 12.0 Å². The van der Waals surface area contributed by atoms with Crippen LogP contribution in [0.2, 0.25) is 0 Å². The Morgan fingerprint density at radius 1 is 1.39 bits per heavy atom. The van der Waals surface area contributed by atoms with Gasteiger partial charge in [0.2, 0.25) is 0 Å². The van der Waals surface area contributed by atoms with Crippen LogP contribution in [0.3, 0.4) is 0 Å². The zero-order chi connectivity index (χ0) is 13.0. The Labute approximate surface area is 107 Å². The average Bonchev–Trinajstić information content (AvgIpc) is 2.79. The van der Waals surface area contributed by atoms with E-state index in [1.165, 1.54) is 0 Å². The smallest absolute Gasteiger partial charge is 0.172 e. The first-order valence-electron chi connectivity index (χ1n) is 6.22. The van der Waals surface area contributed by atoms with E-state index in [0.717, 1.165) is 42.5 Å². The molecule has 0 saturated heterocycles. The molecule has 1 heterocycles. The number of hydrogen-bond acceptors (Lipinski definition) is 3. The second-order valence-corrected chi connectivity index (χ2v) is 4.39. The maximum atomic E-state index is 11.1. The fourth-order valence-corrected chi connectivity index (χ4v) is 1.96. The van der Waals surface area contributed by atoms with Crippen molar-refractivity contribution in [1.82, 2.24) is 15.0 Å². The monoisotopic (exact) mass is 243 g/mol. The fourth-order valence-electron chi connectivity index (χ4n) is 1.96. The molecule has 0 aliphatic rings. The topological polar surface area (TPSA) is 47.8 Å². The first-order valence-corrected chi connectivity index (χ1v) is 6.22. The lowest BCUT2D eigenvalue weighted by Gasteiger charge is -2.07. The molecule has 94 valence electrons. The zero-order valence-corrected chi connectivity index (χ0v) is 10.8. The predicted octanol–water partition coefficient (Wildman–Crippen LogP) is 2.87. The van der Waals surface area contributed by atoms with Gasteiger partial charge < -0.3 is 0 Å². The van der Waals surface area contributed by atoms with Gasteiger partial charge in [-0.25, -0.2) is 4.68 Å². The third-order valence-corrected chi connectivity index (χ3v) is 2.89. The first kappa shape index (κ1) is 12.5. The summed E-state index contributed by atoms with van der Waals surface area (Å²) in [5.41, 5.74) is 3.39. The summed E-state index contributed by atoms with van der Waals surface area (Å²) in [5.74, 6) is 0. The van der Waals surface area contributed by atoms with E-state index in [0.29, 0.717) is 5.69 Å². The van der Waals surface area contributed by atoms with Crippen molar-refractivity contribution in [3.8, 4) is 11.3 Å². The maximum Gasteiger partial charge on any atom is 0.172 e. The second-order valence-electron chi connectivity index (χ2n) is 4.39. The molecule has 1 aromatic carbocycles. The molecule has 0 N–H and O–H groups in total. The van der Waals surface area contributed by atoms with Gasteiger partial charge in [0.1, 0.15) is 0 Å². The maximum absolute atomic E-state index is 11.1. The highest BCUT2D eigenvalue weighted by atomic mass is 16.1. The Balaban J connectivity index is 2.46. The van der Waals surface area contributed by atoms with Crippen molar-refractivity contribution in [2.45, 2.75) is 33.2 Å². The van der Waals surface area contributed by atoms with Gasteiger partial charge in [-0.05, 0) is 19.4 Å². The molecule has 0 unspecified atom stereocenters. The summed E-state index contributed by atoms with van der Waals surface area (Å²) in [4.78, 5) is 11.1. The zero-order valence-electron chi connectivity index (χ0n) is 10.8. The van der Waals surface area contributed by atoms with Crippen molar-refractivity contribution in [1.29, 1.82) is 0 Å². The number of rotatable bonds is 5. The summed E-state index contributed by atoms with van der Waals surface area (Å²) < 4.78 is 1.82. The van der Waals surface area contributed by atoms with Crippen LogP contribution in [0.1, 0.15) is 35.8 Å². The van der Waals surface area contributed by atoms with Gasteiger partial charge in [-0.1, -0.05) is 42.3 Å². The van der Waals surface area contributed by atoms with Gasteiger partial charge in [-0.2, -0.15) is 0 Å². The van der Waals surface area contributed by atoms with E-state index in [1.807, 2.05) is 35.9 Å². The molecule has 0 spiro atoms. The third-order valence-electron chi connectivity index (χ3n) is 2.89. The van der Waals surface area contributed by atoms with Crippen LogP contribution in [0.15, 0.2) is 24.3 Å². The molecule has 0 bridgehead atoms. The Morgan fingerprint density at radius 3 is 2.89 bits per heavy atom. The molecule has 4 nitrogen and oxygen atoms in total. The molecule has 4 heteroatoms. The van der Waals surface area contributed by atoms with Crippen molar-refractivity contribution in [2.24, 2.45) is 0 Å². The van der Waals surface area contributed by atoms with Crippen molar-refractivity contribution in [3.05, 3.63) is 35.5 Å². The summed E-state index contributed by atoms with van der Waals surface area (Å²) in [6.45, 7) is 4.95. The summed E-state index contributed by atoms with van der Waals surface area (Å²) in [6, 6.07) is 8.05. The second kappa shape index (κ2) is 5.58. The Morgan fingerprint density at radius 2 is 2.22 bits per heavy atom. The normalized spacial score (nSPS) is 10.6. The van der Waals surface area contributed by atoms with Crippen molar-refractivity contribution in [3.63, 3.8) is 0 Å². The minimum atomic E-state index is 0.414. The van der Waals surface area contributed by atoms with Crippen molar-refractivity contribution >= 4 is 6.29 Å². The van der Waals surface area contributed by atoms with Crippen LogP contribution in [0.25, 0.3) is 11.3 Å². The van der Waals surface area contributed by atoms with E-state index < -0.39 is 0 Å². The summed E-state index contributed by atoms with van der Waals surface area (Å²) in [5, 5.41) is 8.00. The lowest BCUT2D eigenvalue weighted by atomic mass is 10.1. The number of unbranched alkanes of at least 4 members (excludes halogenated alkanes) is 1. The quantitative estimate of drug-likeness (QED) is 0.759. The van der Waals surface area contributed by atoms with E-state index in [2.05, 4.69) is 17.2 Å². The fraction of sp³-hybridized carbons (Fsp3) is 0.357. The Bertz CT molecular complexity index is 546. The molecule has 2 rings (SSSR count). The van der Waals surface area contributed by atoms with E-state index >= 15 is 0 Å². The standard InChI is InChI=1S/C14H17N3O/c1-3-4-8-17-14(13(10-18)15-16-17)12-7-5-6-11(2)9-12/h5-7,9-10H,3-4,8H2,1-2H3. The number of aromatic nitrogens is 3. The van der Waals surface area contributed by atoms with Crippen LogP contribution in [0.4, 0.5) is 0 Å². The molecular formula is C14H17N3O. The first-order chi connectivity index (χ1) is 8.76. The highest BCUT2D eigenvalue weighted by Crippen LogP contribution is 2.22. The number of carbonyl (C=O) groups is 1. The van der Waals surface area contributed by atoms with Crippen LogP contribution >= 0.6 is 0 Å². The van der Waals surface area contributed by atoms with Gasteiger partial charge in [0.25, 0.3) is 0 Å². The average molecular weight is 243 g/mol. The molecule has 18 heavy (non-hydrogen) atoms. The summed E-state index contributed by atoms with van der Waals surface area (Å²) in [7, 11) is 0. The molecule has 1 aromatic heterocycles. The number of hydrogen-bond donors (Lipinski definition) is 0. The lowest BCUT2D eigenvalue weighted by Crippen LogP contribution is -2.03. The Kier molecular flexibility index (Phi) is 3.87. The third kappa shape index (κ3) is 2.47. The minimum absolute atomic E-state index is 0.414. The van der Waals surface area contributed by atoms with Gasteiger partial charge in [0, 0.05) is 12.1 Å². The van der Waals surface area contributed by atoms with E-state index in [4.69, 9.17) is 0 Å². The van der Waals surface area contributed by atoms with E-state index in [1.54, 1.807) is 0 Å². The van der Waals surface area contributed by atoms with Crippen LogP contribution in [-0.2, 0) is 6.54 Å². The molecule has 0 atom stereocenters. The molecule has 2 aromatic rings. The van der Waals surface area contributed by atoms with Gasteiger partial charge in [-0.3, -0.25) is 4.79 Å². The minimum Gasteiger partial charge on any atom is -0.296 e. The number of aldehydes is 1. The van der Waals surface area contributed by atoms with Gasteiger partial charge in [0.05, 0.1) is 5.69 Å². The predicted molar refractivity (Wildman–Crippen MR) is 70.5 cm³/mol. The largest absolute Gasteiger partial charge is 0.296 e.